The molecule has 3 nitrogen and oxygen atoms in total. The first-order chi connectivity index (χ1) is 9.07. The fraction of sp³-hybridized carbons (Fsp3) is 0.200. The Hall–Kier alpha value is -1.65. The molecule has 2 rings (SSSR count). The Morgan fingerprint density at radius 2 is 1.58 bits per heavy atom. The van der Waals surface area contributed by atoms with Crippen molar-refractivity contribution >= 4 is 9.84 Å². The van der Waals surface area contributed by atoms with E-state index < -0.39 is 15.1 Å². The summed E-state index contributed by atoms with van der Waals surface area (Å²) < 4.78 is 25.3. The lowest BCUT2D eigenvalue weighted by molar-refractivity contribution is 0.582. The molecule has 100 valence electrons. The van der Waals surface area contributed by atoms with Crippen molar-refractivity contribution in [3.8, 4) is 0 Å². The molecule has 0 bridgehead atoms. The molecule has 0 saturated carbocycles. The van der Waals surface area contributed by atoms with Gasteiger partial charge in [0, 0.05) is 6.54 Å². The Labute approximate surface area is 114 Å². The first kappa shape index (κ1) is 13.8. The molecular formula is C15H17NO2S. The van der Waals surface area contributed by atoms with Gasteiger partial charge in [0.2, 0.25) is 0 Å². The second-order valence-corrected chi connectivity index (χ2v) is 6.57. The smallest absolute Gasteiger partial charge is 0.186 e. The van der Waals surface area contributed by atoms with Gasteiger partial charge in [-0.3, -0.25) is 0 Å². The summed E-state index contributed by atoms with van der Waals surface area (Å²) in [4.78, 5) is 0.314. The monoisotopic (exact) mass is 275 g/mol. The highest BCUT2D eigenvalue weighted by Gasteiger charge is 2.28. The Morgan fingerprint density at radius 1 is 1.00 bits per heavy atom. The minimum Gasteiger partial charge on any atom is -0.329 e. The number of rotatable bonds is 4. The molecule has 1 atom stereocenters. The molecule has 19 heavy (non-hydrogen) atoms. The second kappa shape index (κ2) is 5.55. The van der Waals surface area contributed by atoms with E-state index in [0.717, 1.165) is 11.1 Å². The van der Waals surface area contributed by atoms with E-state index in [9.17, 15) is 8.42 Å². The van der Waals surface area contributed by atoms with Gasteiger partial charge in [0.15, 0.2) is 9.84 Å². The van der Waals surface area contributed by atoms with Gasteiger partial charge in [-0.25, -0.2) is 8.42 Å². The molecule has 0 unspecified atom stereocenters. The molecule has 0 heterocycles. The van der Waals surface area contributed by atoms with E-state index in [2.05, 4.69) is 0 Å². The van der Waals surface area contributed by atoms with Gasteiger partial charge in [0.25, 0.3) is 0 Å². The first-order valence-corrected chi connectivity index (χ1v) is 7.66. The molecule has 0 saturated heterocycles. The lowest BCUT2D eigenvalue weighted by Gasteiger charge is -2.18. The predicted octanol–water partition coefficient (Wildman–Crippen LogP) is 2.47. The third-order valence-electron chi connectivity index (χ3n) is 3.20. The van der Waals surface area contributed by atoms with E-state index in [1.54, 1.807) is 30.3 Å². The van der Waals surface area contributed by atoms with Gasteiger partial charge >= 0.3 is 0 Å². The van der Waals surface area contributed by atoms with Crippen LogP contribution in [0.3, 0.4) is 0 Å². The molecule has 2 aromatic carbocycles. The van der Waals surface area contributed by atoms with Crippen LogP contribution in [0, 0.1) is 6.92 Å². The van der Waals surface area contributed by atoms with E-state index in [0.29, 0.717) is 4.90 Å². The normalized spacial score (nSPS) is 13.2. The second-order valence-electron chi connectivity index (χ2n) is 4.44. The van der Waals surface area contributed by atoms with Crippen LogP contribution in [0.25, 0.3) is 0 Å². The lowest BCUT2D eigenvalue weighted by atomic mass is 10.1. The molecule has 0 aliphatic rings. The van der Waals surface area contributed by atoms with Crippen LogP contribution in [-0.2, 0) is 9.84 Å². The number of benzene rings is 2. The topological polar surface area (TPSA) is 60.2 Å². The average molecular weight is 275 g/mol. The molecule has 2 aromatic rings. The van der Waals surface area contributed by atoms with Crippen molar-refractivity contribution in [1.82, 2.24) is 0 Å². The zero-order valence-corrected chi connectivity index (χ0v) is 11.6. The van der Waals surface area contributed by atoms with Crippen molar-refractivity contribution in [3.63, 3.8) is 0 Å². The SMILES string of the molecule is Cc1ccccc1[C@@H](CN)S(=O)(=O)c1ccccc1. The fourth-order valence-corrected chi connectivity index (χ4v) is 3.86. The summed E-state index contributed by atoms with van der Waals surface area (Å²) >= 11 is 0. The van der Waals surface area contributed by atoms with Gasteiger partial charge in [-0.05, 0) is 30.2 Å². The molecule has 0 fully saturated rings. The van der Waals surface area contributed by atoms with Crippen LogP contribution in [-0.4, -0.2) is 15.0 Å². The third-order valence-corrected chi connectivity index (χ3v) is 5.32. The third kappa shape index (κ3) is 2.69. The number of hydrogen-bond donors (Lipinski definition) is 1. The van der Waals surface area contributed by atoms with Crippen molar-refractivity contribution in [2.75, 3.05) is 6.54 Å². The summed E-state index contributed by atoms with van der Waals surface area (Å²) in [5.41, 5.74) is 7.43. The molecule has 2 N–H and O–H groups in total. The van der Waals surface area contributed by atoms with Gasteiger partial charge in [0.1, 0.15) is 5.25 Å². The molecule has 0 radical (unpaired) electrons. The van der Waals surface area contributed by atoms with Crippen LogP contribution in [0.5, 0.6) is 0 Å². The van der Waals surface area contributed by atoms with Crippen molar-refractivity contribution in [2.45, 2.75) is 17.1 Å². The molecule has 0 spiro atoms. The lowest BCUT2D eigenvalue weighted by Crippen LogP contribution is -2.23. The predicted molar refractivity (Wildman–Crippen MR) is 76.6 cm³/mol. The van der Waals surface area contributed by atoms with Crippen LogP contribution < -0.4 is 5.73 Å². The summed E-state index contributed by atoms with van der Waals surface area (Å²) in [6, 6.07) is 15.9. The summed E-state index contributed by atoms with van der Waals surface area (Å²) in [6.07, 6.45) is 0. The van der Waals surface area contributed by atoms with Gasteiger partial charge in [-0.2, -0.15) is 0 Å². The van der Waals surface area contributed by atoms with Gasteiger partial charge < -0.3 is 5.73 Å². The van der Waals surface area contributed by atoms with Crippen LogP contribution in [0.4, 0.5) is 0 Å². The number of nitrogens with two attached hydrogens (primary N) is 1. The summed E-state index contributed by atoms with van der Waals surface area (Å²) in [6.45, 7) is 1.97. The standard InChI is InChI=1S/C15H17NO2S/c1-12-7-5-6-10-14(12)15(11-16)19(17,18)13-8-3-2-4-9-13/h2-10,15H,11,16H2,1H3/t15-/m1/s1. The molecular weight excluding hydrogens is 258 g/mol. The number of aryl methyl sites for hydroxylation is 1. The molecule has 0 amide bonds. The summed E-state index contributed by atoms with van der Waals surface area (Å²) in [5.74, 6) is 0. The van der Waals surface area contributed by atoms with E-state index in [1.807, 2.05) is 31.2 Å². The van der Waals surface area contributed by atoms with E-state index >= 15 is 0 Å². The van der Waals surface area contributed by atoms with Crippen molar-refractivity contribution in [1.29, 1.82) is 0 Å². The summed E-state index contributed by atoms with van der Waals surface area (Å²) in [5, 5.41) is -0.698. The molecule has 4 heteroatoms. The van der Waals surface area contributed by atoms with Crippen molar-refractivity contribution in [2.24, 2.45) is 5.73 Å². The Bertz CT molecular complexity index is 651. The highest BCUT2D eigenvalue weighted by atomic mass is 32.2. The Balaban J connectivity index is 2.52. The van der Waals surface area contributed by atoms with Gasteiger partial charge in [-0.1, -0.05) is 42.5 Å². The summed E-state index contributed by atoms with van der Waals surface area (Å²) in [7, 11) is -3.45. The maximum absolute atomic E-state index is 12.6. The Kier molecular flexibility index (Phi) is 4.02. The maximum atomic E-state index is 12.6. The zero-order chi connectivity index (χ0) is 13.9. The van der Waals surface area contributed by atoms with E-state index in [1.165, 1.54) is 0 Å². The van der Waals surface area contributed by atoms with Crippen LogP contribution in [0.15, 0.2) is 59.5 Å². The molecule has 0 aliphatic carbocycles. The zero-order valence-electron chi connectivity index (χ0n) is 10.8. The first-order valence-electron chi connectivity index (χ1n) is 6.12. The minimum absolute atomic E-state index is 0.0715. The highest BCUT2D eigenvalue weighted by molar-refractivity contribution is 7.91. The molecule has 0 aliphatic heterocycles. The Morgan fingerprint density at radius 3 is 2.16 bits per heavy atom. The number of hydrogen-bond acceptors (Lipinski definition) is 3. The van der Waals surface area contributed by atoms with Crippen LogP contribution in [0.1, 0.15) is 16.4 Å². The largest absolute Gasteiger partial charge is 0.329 e. The number of sulfone groups is 1. The fourth-order valence-electron chi connectivity index (χ4n) is 2.14. The average Bonchev–Trinajstić information content (AvgIpc) is 2.42. The quantitative estimate of drug-likeness (QED) is 0.932. The van der Waals surface area contributed by atoms with Gasteiger partial charge in [-0.15, -0.1) is 0 Å². The molecule has 0 aromatic heterocycles. The minimum atomic E-state index is -3.45. The highest BCUT2D eigenvalue weighted by Crippen LogP contribution is 2.29. The van der Waals surface area contributed by atoms with E-state index in [4.69, 9.17) is 5.73 Å². The van der Waals surface area contributed by atoms with E-state index in [-0.39, 0.29) is 6.54 Å². The van der Waals surface area contributed by atoms with Crippen molar-refractivity contribution in [3.05, 3.63) is 65.7 Å². The van der Waals surface area contributed by atoms with Crippen LogP contribution >= 0.6 is 0 Å². The maximum Gasteiger partial charge on any atom is 0.186 e. The van der Waals surface area contributed by atoms with Crippen molar-refractivity contribution < 1.29 is 8.42 Å². The van der Waals surface area contributed by atoms with Crippen LogP contribution in [0.2, 0.25) is 0 Å². The van der Waals surface area contributed by atoms with Gasteiger partial charge in [0.05, 0.1) is 4.90 Å².